The molecule has 154 valence electrons. The van der Waals surface area contributed by atoms with Crippen LogP contribution < -0.4 is 10.1 Å². The van der Waals surface area contributed by atoms with Crippen LogP contribution in [0.2, 0.25) is 0 Å². The summed E-state index contributed by atoms with van der Waals surface area (Å²) in [6.45, 7) is 3.81. The summed E-state index contributed by atoms with van der Waals surface area (Å²) in [4.78, 5) is 15.5. The smallest absolute Gasteiger partial charge is 0.227 e. The fourth-order valence-electron chi connectivity index (χ4n) is 4.52. The van der Waals surface area contributed by atoms with E-state index in [9.17, 15) is 4.79 Å². The van der Waals surface area contributed by atoms with E-state index >= 15 is 0 Å². The van der Waals surface area contributed by atoms with Gasteiger partial charge in [-0.15, -0.1) is 0 Å². The SMILES string of the molecule is COc1ccc([C@@H](CNC(=O)[C@H]2CCCc3ccccc32)N2CCOCC2)cc1. The molecule has 1 amide bonds. The van der Waals surface area contributed by atoms with Gasteiger partial charge < -0.3 is 14.8 Å². The van der Waals surface area contributed by atoms with Gasteiger partial charge in [-0.3, -0.25) is 9.69 Å². The molecule has 5 nitrogen and oxygen atoms in total. The number of methoxy groups -OCH3 is 1. The number of fused-ring (bicyclic) bond motifs is 1. The molecule has 4 rings (SSSR count). The Morgan fingerprint density at radius 2 is 1.93 bits per heavy atom. The molecule has 0 aromatic heterocycles. The van der Waals surface area contributed by atoms with E-state index in [0.29, 0.717) is 6.54 Å². The molecule has 2 aliphatic rings. The lowest BCUT2D eigenvalue weighted by Crippen LogP contribution is -2.44. The maximum atomic E-state index is 13.1. The van der Waals surface area contributed by atoms with Crippen LogP contribution >= 0.6 is 0 Å². The minimum absolute atomic E-state index is 0.0406. The van der Waals surface area contributed by atoms with E-state index in [0.717, 1.165) is 51.3 Å². The first kappa shape index (κ1) is 19.9. The van der Waals surface area contributed by atoms with E-state index in [-0.39, 0.29) is 17.9 Å². The zero-order chi connectivity index (χ0) is 20.1. The lowest BCUT2D eigenvalue weighted by atomic mass is 9.82. The molecule has 0 radical (unpaired) electrons. The summed E-state index contributed by atoms with van der Waals surface area (Å²) in [6.07, 6.45) is 3.07. The molecule has 1 fully saturated rings. The summed E-state index contributed by atoms with van der Waals surface area (Å²) in [7, 11) is 1.68. The van der Waals surface area contributed by atoms with Crippen molar-refractivity contribution in [1.82, 2.24) is 10.2 Å². The van der Waals surface area contributed by atoms with Crippen LogP contribution in [-0.2, 0) is 16.0 Å². The number of amides is 1. The lowest BCUT2D eigenvalue weighted by Gasteiger charge is -2.35. The zero-order valence-electron chi connectivity index (χ0n) is 17.1. The Hall–Kier alpha value is -2.37. The molecule has 2 aromatic carbocycles. The van der Waals surface area contributed by atoms with Gasteiger partial charge in [-0.05, 0) is 48.1 Å². The molecule has 0 saturated carbocycles. The largest absolute Gasteiger partial charge is 0.497 e. The maximum absolute atomic E-state index is 13.1. The standard InChI is InChI=1S/C24H30N2O3/c1-28-20-11-9-19(10-12-20)23(26-13-15-29-16-14-26)17-25-24(27)22-8-4-6-18-5-2-3-7-21(18)22/h2-3,5,7,9-12,22-23H,4,6,8,13-17H2,1H3,(H,25,27)/t22-,23+/m0/s1. The predicted molar refractivity (Wildman–Crippen MR) is 113 cm³/mol. The number of carbonyl (C=O) groups excluding carboxylic acids is 1. The van der Waals surface area contributed by atoms with Crippen molar-refractivity contribution in [2.75, 3.05) is 40.0 Å². The van der Waals surface area contributed by atoms with E-state index in [1.807, 2.05) is 18.2 Å². The minimum Gasteiger partial charge on any atom is -0.497 e. The van der Waals surface area contributed by atoms with E-state index in [4.69, 9.17) is 9.47 Å². The highest BCUT2D eigenvalue weighted by Gasteiger charge is 2.28. The predicted octanol–water partition coefficient (Wildman–Crippen LogP) is 3.30. The molecule has 1 N–H and O–H groups in total. The number of ether oxygens (including phenoxy) is 2. The molecule has 2 aromatic rings. The zero-order valence-corrected chi connectivity index (χ0v) is 17.1. The van der Waals surface area contributed by atoms with Gasteiger partial charge in [0.05, 0.1) is 32.3 Å². The van der Waals surface area contributed by atoms with Crippen molar-refractivity contribution in [3.63, 3.8) is 0 Å². The third-order valence-electron chi connectivity index (χ3n) is 6.14. The molecule has 0 unspecified atom stereocenters. The van der Waals surface area contributed by atoms with Crippen molar-refractivity contribution in [3.8, 4) is 5.75 Å². The van der Waals surface area contributed by atoms with E-state index in [1.54, 1.807) is 7.11 Å². The first-order chi connectivity index (χ1) is 14.3. The first-order valence-corrected chi connectivity index (χ1v) is 10.6. The number of morpholine rings is 1. The van der Waals surface area contributed by atoms with Gasteiger partial charge in [0, 0.05) is 19.6 Å². The second-order valence-corrected chi connectivity index (χ2v) is 7.83. The van der Waals surface area contributed by atoms with Gasteiger partial charge >= 0.3 is 0 Å². The summed E-state index contributed by atoms with van der Waals surface area (Å²) < 4.78 is 10.8. The maximum Gasteiger partial charge on any atom is 0.227 e. The Morgan fingerprint density at radius 1 is 1.17 bits per heavy atom. The van der Waals surface area contributed by atoms with Crippen molar-refractivity contribution in [2.45, 2.75) is 31.2 Å². The summed E-state index contributed by atoms with van der Waals surface area (Å²) >= 11 is 0. The molecule has 1 aliphatic heterocycles. The Labute approximate surface area is 173 Å². The van der Waals surface area contributed by atoms with Gasteiger partial charge in [0.2, 0.25) is 5.91 Å². The van der Waals surface area contributed by atoms with Crippen LogP contribution in [-0.4, -0.2) is 50.8 Å². The molecule has 29 heavy (non-hydrogen) atoms. The molecular weight excluding hydrogens is 364 g/mol. The highest BCUT2D eigenvalue weighted by atomic mass is 16.5. The van der Waals surface area contributed by atoms with Crippen LogP contribution in [0.4, 0.5) is 0 Å². The molecule has 5 heteroatoms. The van der Waals surface area contributed by atoms with Crippen molar-refractivity contribution in [3.05, 3.63) is 65.2 Å². The van der Waals surface area contributed by atoms with Crippen LogP contribution in [0.5, 0.6) is 5.75 Å². The average Bonchev–Trinajstić information content (AvgIpc) is 2.80. The Balaban J connectivity index is 1.48. The number of hydrogen-bond acceptors (Lipinski definition) is 4. The summed E-state index contributed by atoms with van der Waals surface area (Å²) in [5.74, 6) is 0.947. The van der Waals surface area contributed by atoms with E-state index < -0.39 is 0 Å². The number of rotatable bonds is 6. The third-order valence-corrected chi connectivity index (χ3v) is 6.14. The number of aryl methyl sites for hydroxylation is 1. The second kappa shape index (κ2) is 9.42. The Bertz CT molecular complexity index is 815. The molecule has 1 heterocycles. The Kier molecular flexibility index (Phi) is 6.47. The summed E-state index contributed by atoms with van der Waals surface area (Å²) in [6, 6.07) is 16.7. The van der Waals surface area contributed by atoms with Crippen molar-refractivity contribution in [2.24, 2.45) is 0 Å². The van der Waals surface area contributed by atoms with Crippen molar-refractivity contribution >= 4 is 5.91 Å². The number of carbonyl (C=O) groups is 1. The first-order valence-electron chi connectivity index (χ1n) is 10.6. The monoisotopic (exact) mass is 394 g/mol. The van der Waals surface area contributed by atoms with Gasteiger partial charge in [-0.2, -0.15) is 0 Å². The molecule has 2 atom stereocenters. The number of nitrogens with zero attached hydrogens (tertiary/aromatic N) is 1. The number of benzene rings is 2. The molecule has 0 spiro atoms. The second-order valence-electron chi connectivity index (χ2n) is 7.83. The van der Waals surface area contributed by atoms with Crippen LogP contribution in [0.25, 0.3) is 0 Å². The van der Waals surface area contributed by atoms with Crippen molar-refractivity contribution < 1.29 is 14.3 Å². The third kappa shape index (κ3) is 4.62. The van der Waals surface area contributed by atoms with Crippen LogP contribution in [0.15, 0.2) is 48.5 Å². The number of hydrogen-bond donors (Lipinski definition) is 1. The molecular formula is C24H30N2O3. The van der Waals surface area contributed by atoms with Crippen LogP contribution in [0, 0.1) is 0 Å². The van der Waals surface area contributed by atoms with Gasteiger partial charge in [-0.1, -0.05) is 36.4 Å². The quantitative estimate of drug-likeness (QED) is 0.817. The Morgan fingerprint density at radius 3 is 2.69 bits per heavy atom. The lowest BCUT2D eigenvalue weighted by molar-refractivity contribution is -0.123. The highest BCUT2D eigenvalue weighted by Crippen LogP contribution is 2.32. The highest BCUT2D eigenvalue weighted by molar-refractivity contribution is 5.84. The van der Waals surface area contributed by atoms with Crippen molar-refractivity contribution in [1.29, 1.82) is 0 Å². The van der Waals surface area contributed by atoms with Crippen LogP contribution in [0.3, 0.4) is 0 Å². The fourth-order valence-corrected chi connectivity index (χ4v) is 4.52. The van der Waals surface area contributed by atoms with Gasteiger partial charge in [0.1, 0.15) is 5.75 Å². The van der Waals surface area contributed by atoms with Gasteiger partial charge in [0.25, 0.3) is 0 Å². The minimum atomic E-state index is -0.0406. The summed E-state index contributed by atoms with van der Waals surface area (Å²) in [5.41, 5.74) is 3.71. The average molecular weight is 395 g/mol. The van der Waals surface area contributed by atoms with Crippen LogP contribution in [0.1, 0.15) is 41.5 Å². The summed E-state index contributed by atoms with van der Waals surface area (Å²) in [5, 5.41) is 3.27. The van der Waals surface area contributed by atoms with Gasteiger partial charge in [-0.25, -0.2) is 0 Å². The van der Waals surface area contributed by atoms with E-state index in [2.05, 4.69) is 40.5 Å². The topological polar surface area (TPSA) is 50.8 Å². The molecule has 0 bridgehead atoms. The van der Waals surface area contributed by atoms with Gasteiger partial charge in [0.15, 0.2) is 0 Å². The molecule has 1 saturated heterocycles. The fraction of sp³-hybridized carbons (Fsp3) is 0.458. The number of nitrogens with one attached hydrogen (secondary N) is 1. The normalized spacial score (nSPS) is 20.5. The van der Waals surface area contributed by atoms with E-state index in [1.165, 1.54) is 16.7 Å². The molecule has 1 aliphatic carbocycles.